The summed E-state index contributed by atoms with van der Waals surface area (Å²) < 4.78 is 32.5. The van der Waals surface area contributed by atoms with Crippen LogP contribution in [0.4, 0.5) is 0 Å². The first-order valence-corrected chi connectivity index (χ1v) is 9.77. The largest absolute Gasteiger partial charge is 0.454 e. The summed E-state index contributed by atoms with van der Waals surface area (Å²) in [5.41, 5.74) is -0.680. The molecule has 2 unspecified atom stereocenters. The molecule has 0 radical (unpaired) electrons. The number of aliphatic hydroxyl groups is 2. The molecule has 0 aliphatic heterocycles. The number of rotatable bonds is 11. The highest BCUT2D eigenvalue weighted by molar-refractivity contribution is 8.55. The van der Waals surface area contributed by atoms with Crippen LogP contribution in [-0.4, -0.2) is 61.8 Å². The Bertz CT molecular complexity index is 371. The molecule has 10 heteroatoms. The Hall–Kier alpha value is -0.150. The highest BCUT2D eigenvalue weighted by Gasteiger charge is 2.31. The fourth-order valence-corrected chi connectivity index (χ4v) is 3.92. The molecule has 0 aromatic carbocycles. The number of methoxy groups -OCH3 is 1. The molecule has 0 amide bonds. The minimum atomic E-state index is -3.71. The second kappa shape index (κ2) is 10.6. The fraction of sp³-hybridized carbons (Fsp3) is 0.917. The second-order valence-corrected chi connectivity index (χ2v) is 9.27. The van der Waals surface area contributed by atoms with Gasteiger partial charge in [0.15, 0.2) is 0 Å². The maximum absolute atomic E-state index is 12.5. The van der Waals surface area contributed by atoms with Crippen molar-refractivity contribution in [2.45, 2.75) is 26.9 Å². The highest BCUT2D eigenvalue weighted by Crippen LogP contribution is 2.61. The molecule has 0 saturated carbocycles. The van der Waals surface area contributed by atoms with Crippen molar-refractivity contribution in [1.82, 2.24) is 0 Å². The summed E-state index contributed by atoms with van der Waals surface area (Å²) in [5, 5.41) is 17.9. The molecule has 2 N–H and O–H groups in total. The van der Waals surface area contributed by atoms with Crippen molar-refractivity contribution in [1.29, 1.82) is 0 Å². The molecule has 0 fully saturated rings. The normalized spacial score (nSPS) is 16.1. The van der Waals surface area contributed by atoms with Gasteiger partial charge in [0.25, 0.3) is 0 Å². The third kappa shape index (κ3) is 9.09. The molecule has 0 aliphatic rings. The van der Waals surface area contributed by atoms with E-state index in [0.29, 0.717) is 11.4 Å². The van der Waals surface area contributed by atoms with Gasteiger partial charge >= 0.3 is 12.8 Å². The van der Waals surface area contributed by atoms with Crippen LogP contribution in [-0.2, 0) is 27.9 Å². The van der Waals surface area contributed by atoms with Gasteiger partial charge in [0.1, 0.15) is 12.0 Å². The third-order valence-electron chi connectivity index (χ3n) is 2.19. The van der Waals surface area contributed by atoms with Gasteiger partial charge < -0.3 is 19.7 Å². The van der Waals surface area contributed by atoms with E-state index < -0.39 is 30.9 Å². The van der Waals surface area contributed by atoms with Crippen molar-refractivity contribution in [3.8, 4) is 0 Å². The van der Waals surface area contributed by atoms with Crippen LogP contribution in [0.2, 0.25) is 0 Å². The van der Waals surface area contributed by atoms with E-state index in [4.69, 9.17) is 28.7 Å². The number of carbonyl (C=O) groups excluding carboxylic acids is 1. The van der Waals surface area contributed by atoms with E-state index in [2.05, 4.69) is 0 Å². The smallest absolute Gasteiger partial charge is 0.392 e. The van der Waals surface area contributed by atoms with Crippen molar-refractivity contribution < 1.29 is 38.1 Å². The topological polar surface area (TPSA) is 112 Å². The summed E-state index contributed by atoms with van der Waals surface area (Å²) in [5.74, 6) is -0.687. The van der Waals surface area contributed by atoms with Crippen LogP contribution in [0.3, 0.4) is 0 Å². The van der Waals surface area contributed by atoms with E-state index in [0.717, 1.165) is 0 Å². The third-order valence-corrected chi connectivity index (χ3v) is 5.62. The predicted octanol–water partition coefficient (Wildman–Crippen LogP) is 1.41. The minimum Gasteiger partial charge on any atom is -0.454 e. The number of carbonyl (C=O) groups is 1. The van der Waals surface area contributed by atoms with E-state index in [1.807, 2.05) is 0 Å². The Morgan fingerprint density at radius 3 is 2.41 bits per heavy atom. The van der Waals surface area contributed by atoms with Gasteiger partial charge in [-0.05, 0) is 20.8 Å². The van der Waals surface area contributed by atoms with Crippen molar-refractivity contribution in [3.05, 3.63) is 0 Å². The summed E-state index contributed by atoms with van der Waals surface area (Å²) in [4.78, 5) is 11.6. The van der Waals surface area contributed by atoms with E-state index in [9.17, 15) is 9.36 Å². The molecule has 0 aliphatic carbocycles. The zero-order valence-corrected chi connectivity index (χ0v) is 15.0. The molecule has 0 saturated heterocycles. The van der Waals surface area contributed by atoms with Gasteiger partial charge in [-0.25, -0.2) is 4.57 Å². The van der Waals surface area contributed by atoms with E-state index >= 15 is 0 Å². The van der Waals surface area contributed by atoms with E-state index in [-0.39, 0.29) is 25.8 Å². The Morgan fingerprint density at radius 1 is 1.32 bits per heavy atom. The molecule has 0 heterocycles. The van der Waals surface area contributed by atoms with Gasteiger partial charge in [-0.1, -0.05) is 0 Å². The fourth-order valence-electron chi connectivity index (χ4n) is 1.10. The maximum atomic E-state index is 12.5. The van der Waals surface area contributed by atoms with Crippen molar-refractivity contribution >= 4 is 24.1 Å². The van der Waals surface area contributed by atoms with Gasteiger partial charge in [0.2, 0.25) is 0 Å². The average molecular weight is 360 g/mol. The molecule has 0 bridgehead atoms. The van der Waals surface area contributed by atoms with Crippen LogP contribution in [0.1, 0.15) is 20.8 Å². The zero-order chi connectivity index (χ0) is 17.2. The van der Waals surface area contributed by atoms with Crippen LogP contribution in [0.5, 0.6) is 0 Å². The van der Waals surface area contributed by atoms with E-state index in [1.165, 1.54) is 7.11 Å². The molecule has 0 spiro atoms. The number of hydrogen-bond acceptors (Lipinski definition) is 9. The van der Waals surface area contributed by atoms with Crippen LogP contribution in [0, 0.1) is 5.41 Å². The molecule has 22 heavy (non-hydrogen) atoms. The van der Waals surface area contributed by atoms with Crippen molar-refractivity contribution in [2.24, 2.45) is 5.41 Å². The lowest BCUT2D eigenvalue weighted by Crippen LogP contribution is -2.24. The van der Waals surface area contributed by atoms with Crippen LogP contribution < -0.4 is 0 Å². The lowest BCUT2D eigenvalue weighted by Gasteiger charge is -2.23. The molecule has 0 aromatic rings. The maximum Gasteiger partial charge on any atom is 0.392 e. The molecular formula is C12H25O8PS. The SMILES string of the molecule is COCC(CO)OP(=O)(OCCO)SCOC(=O)C(C)(C)C. The zero-order valence-electron chi connectivity index (χ0n) is 13.3. The van der Waals surface area contributed by atoms with Gasteiger partial charge in [0.05, 0.1) is 31.8 Å². The minimum absolute atomic E-state index is 0.0192. The quantitative estimate of drug-likeness (QED) is 0.321. The Balaban J connectivity index is 4.61. The summed E-state index contributed by atoms with van der Waals surface area (Å²) in [6.07, 6.45) is -0.847. The highest BCUT2D eigenvalue weighted by atomic mass is 32.7. The first-order chi connectivity index (χ1) is 10.2. The van der Waals surface area contributed by atoms with Crippen LogP contribution in [0.15, 0.2) is 0 Å². The summed E-state index contributed by atoms with van der Waals surface area (Å²) >= 11 is 0.668. The van der Waals surface area contributed by atoms with Crippen LogP contribution in [0.25, 0.3) is 0 Å². The molecule has 2 atom stereocenters. The molecule has 132 valence electrons. The number of esters is 1. The predicted molar refractivity (Wildman–Crippen MR) is 82.5 cm³/mol. The van der Waals surface area contributed by atoms with Gasteiger partial charge in [-0.2, -0.15) is 0 Å². The summed E-state index contributed by atoms with van der Waals surface area (Å²) in [6.45, 7) is 0.428. The van der Waals surface area contributed by atoms with E-state index in [1.54, 1.807) is 20.8 Å². The Labute approximate surface area is 134 Å². The Morgan fingerprint density at radius 2 is 1.95 bits per heavy atom. The molecule has 8 nitrogen and oxygen atoms in total. The lowest BCUT2D eigenvalue weighted by molar-refractivity contribution is -0.150. The monoisotopic (exact) mass is 360 g/mol. The van der Waals surface area contributed by atoms with Crippen molar-refractivity contribution in [3.63, 3.8) is 0 Å². The number of hydrogen-bond donors (Lipinski definition) is 2. The number of ether oxygens (including phenoxy) is 2. The lowest BCUT2D eigenvalue weighted by atomic mass is 9.98. The standard InChI is InChI=1S/C12H25O8PS/c1-12(2,3)11(15)18-9-22-21(16,19-6-5-13)20-10(7-14)8-17-4/h10,13-14H,5-9H2,1-4H3. The van der Waals surface area contributed by atoms with Gasteiger partial charge in [-0.3, -0.25) is 13.8 Å². The summed E-state index contributed by atoms with van der Waals surface area (Å²) in [7, 11) is 1.41. The molecule has 0 aromatic heterocycles. The molecular weight excluding hydrogens is 335 g/mol. The second-order valence-electron chi connectivity index (χ2n) is 5.30. The molecule has 0 rings (SSSR count). The van der Waals surface area contributed by atoms with Gasteiger partial charge in [0, 0.05) is 18.5 Å². The average Bonchev–Trinajstić information content (AvgIpc) is 2.43. The van der Waals surface area contributed by atoms with Gasteiger partial charge in [-0.15, -0.1) is 0 Å². The van der Waals surface area contributed by atoms with Crippen LogP contribution >= 0.6 is 18.2 Å². The number of aliphatic hydroxyl groups excluding tert-OH is 2. The van der Waals surface area contributed by atoms with Crippen molar-refractivity contribution in [2.75, 3.05) is 39.5 Å². The Kier molecular flexibility index (Phi) is 10.5. The summed E-state index contributed by atoms with van der Waals surface area (Å²) in [6, 6.07) is 0. The first kappa shape index (κ1) is 21.9. The first-order valence-electron chi connectivity index (χ1n) is 6.64.